The molecule has 0 bridgehead atoms. The van der Waals surface area contributed by atoms with E-state index in [1.54, 1.807) is 13.2 Å². The number of benzene rings is 2. The molecule has 0 radical (unpaired) electrons. The van der Waals surface area contributed by atoms with Crippen molar-refractivity contribution < 1.29 is 14.5 Å². The zero-order valence-corrected chi connectivity index (χ0v) is 14.3. The lowest BCUT2D eigenvalue weighted by molar-refractivity contribution is -0.384. The number of carbonyl (C=O) groups excluding carboxylic acids is 1. The van der Waals surface area contributed by atoms with Gasteiger partial charge in [-0.3, -0.25) is 19.9 Å². The molecule has 2 aromatic rings. The summed E-state index contributed by atoms with van der Waals surface area (Å²) in [7, 11) is 1.59. The second-order valence-electron chi connectivity index (χ2n) is 6.44. The molecule has 0 atom stereocenters. The lowest BCUT2D eigenvalue weighted by atomic mass is 9.91. The van der Waals surface area contributed by atoms with Crippen molar-refractivity contribution in [3.05, 3.63) is 69.3 Å². The number of hydrogen-bond acceptors (Lipinski definition) is 5. The normalized spacial score (nSPS) is 14.6. The Morgan fingerprint density at radius 2 is 2.00 bits per heavy atom. The zero-order chi connectivity index (χ0) is 18.2. The largest absolute Gasteiger partial charge is 0.497 e. The van der Waals surface area contributed by atoms with Crippen LogP contribution in [0.1, 0.15) is 41.8 Å². The number of Topliss-reactive ketones (excluding diaryl/α,β-unsaturated/α-hetero) is 1. The Hall–Kier alpha value is -3.02. The summed E-state index contributed by atoms with van der Waals surface area (Å²) in [4.78, 5) is 27.7. The third-order valence-electron chi connectivity index (χ3n) is 4.32. The fraction of sp³-hybridized carbons (Fsp3) is 0.263. The number of nitrogens with zero attached hydrogens (tertiary/aromatic N) is 2. The molecule has 0 saturated heterocycles. The molecule has 0 aromatic heterocycles. The smallest absolute Gasteiger partial charge is 0.270 e. The van der Waals surface area contributed by atoms with E-state index in [0.29, 0.717) is 17.0 Å². The second-order valence-corrected chi connectivity index (χ2v) is 6.44. The summed E-state index contributed by atoms with van der Waals surface area (Å²) in [5.41, 5.74) is 2.40. The average Bonchev–Trinajstić information content (AvgIpc) is 2.84. The van der Waals surface area contributed by atoms with Crippen LogP contribution in [0.2, 0.25) is 0 Å². The highest BCUT2D eigenvalue weighted by Gasteiger charge is 2.32. The lowest BCUT2D eigenvalue weighted by Crippen LogP contribution is -2.10. The summed E-state index contributed by atoms with van der Waals surface area (Å²) in [6, 6.07) is 11.5. The Balaban J connectivity index is 1.93. The highest BCUT2D eigenvalue weighted by Crippen LogP contribution is 2.37. The van der Waals surface area contributed by atoms with E-state index < -0.39 is 10.5 Å². The van der Waals surface area contributed by atoms with Crippen LogP contribution in [0.3, 0.4) is 0 Å². The van der Waals surface area contributed by atoms with Gasteiger partial charge in [-0.1, -0.05) is 18.2 Å². The first kappa shape index (κ1) is 16.8. The van der Waals surface area contributed by atoms with Crippen LogP contribution in [0.5, 0.6) is 5.75 Å². The minimum absolute atomic E-state index is 0.0881. The number of methoxy groups -OCH3 is 1. The van der Waals surface area contributed by atoms with E-state index in [-0.39, 0.29) is 17.9 Å². The van der Waals surface area contributed by atoms with Crippen molar-refractivity contribution in [1.82, 2.24) is 0 Å². The van der Waals surface area contributed by atoms with E-state index in [0.717, 1.165) is 11.1 Å². The minimum atomic E-state index is -0.507. The Kier molecular flexibility index (Phi) is 4.12. The van der Waals surface area contributed by atoms with Gasteiger partial charge in [-0.15, -0.1) is 0 Å². The molecule has 3 rings (SSSR count). The molecule has 6 heteroatoms. The van der Waals surface area contributed by atoms with Gasteiger partial charge in [0.05, 0.1) is 29.7 Å². The first-order chi connectivity index (χ1) is 11.8. The van der Waals surface area contributed by atoms with Crippen LogP contribution < -0.4 is 4.74 Å². The van der Waals surface area contributed by atoms with E-state index in [2.05, 4.69) is 0 Å². The number of ketones is 1. The molecular weight excluding hydrogens is 320 g/mol. The molecule has 6 nitrogen and oxygen atoms in total. The fourth-order valence-electron chi connectivity index (χ4n) is 3.06. The van der Waals surface area contributed by atoms with Crippen molar-refractivity contribution in [3.8, 4) is 5.75 Å². The van der Waals surface area contributed by atoms with Gasteiger partial charge in [-0.25, -0.2) is 0 Å². The van der Waals surface area contributed by atoms with Crippen LogP contribution in [0.25, 0.3) is 0 Å². The van der Waals surface area contributed by atoms with Gasteiger partial charge in [0.1, 0.15) is 5.75 Å². The lowest BCUT2D eigenvalue weighted by Gasteiger charge is -2.16. The predicted molar refractivity (Wildman–Crippen MR) is 94.6 cm³/mol. The maximum Gasteiger partial charge on any atom is 0.270 e. The number of carbonyl (C=O) groups is 1. The van der Waals surface area contributed by atoms with Crippen LogP contribution in [0, 0.1) is 10.1 Å². The van der Waals surface area contributed by atoms with Gasteiger partial charge in [0.25, 0.3) is 5.69 Å². The van der Waals surface area contributed by atoms with Gasteiger partial charge in [-0.05, 0) is 31.5 Å². The molecule has 0 saturated carbocycles. The SMILES string of the molecule is COc1ccc2c(c1)C(CC(=O)c1cccc([N+](=O)[O-])c1)=NC2(C)C. The number of non-ortho nitro benzene ring substituents is 1. The van der Waals surface area contributed by atoms with Crippen molar-refractivity contribution in [2.75, 3.05) is 7.11 Å². The predicted octanol–water partition coefficient (Wildman–Crippen LogP) is 3.91. The van der Waals surface area contributed by atoms with Crippen molar-refractivity contribution in [2.45, 2.75) is 25.8 Å². The monoisotopic (exact) mass is 338 g/mol. The van der Waals surface area contributed by atoms with Crippen LogP contribution in [0.4, 0.5) is 5.69 Å². The molecule has 0 spiro atoms. The van der Waals surface area contributed by atoms with Crippen molar-refractivity contribution in [3.63, 3.8) is 0 Å². The summed E-state index contributed by atoms with van der Waals surface area (Å²) in [6.07, 6.45) is 0.0881. The topological polar surface area (TPSA) is 81.8 Å². The first-order valence-corrected chi connectivity index (χ1v) is 7.87. The van der Waals surface area contributed by atoms with Crippen molar-refractivity contribution in [1.29, 1.82) is 0 Å². The minimum Gasteiger partial charge on any atom is -0.497 e. The van der Waals surface area contributed by atoms with Gasteiger partial charge >= 0.3 is 0 Å². The fourth-order valence-corrected chi connectivity index (χ4v) is 3.06. The van der Waals surface area contributed by atoms with Crippen LogP contribution in [-0.4, -0.2) is 23.5 Å². The van der Waals surface area contributed by atoms with Crippen LogP contribution in [-0.2, 0) is 5.54 Å². The number of nitro benzene ring substituents is 1. The summed E-state index contributed by atoms with van der Waals surface area (Å²) in [6.45, 7) is 3.98. The molecule has 1 heterocycles. The molecule has 0 unspecified atom stereocenters. The number of nitro groups is 1. The summed E-state index contributed by atoms with van der Waals surface area (Å²) >= 11 is 0. The zero-order valence-electron chi connectivity index (χ0n) is 14.3. The van der Waals surface area contributed by atoms with Crippen molar-refractivity contribution >= 4 is 17.2 Å². The molecule has 1 aliphatic rings. The Bertz CT molecular complexity index is 900. The maximum atomic E-state index is 12.6. The summed E-state index contributed by atoms with van der Waals surface area (Å²) < 4.78 is 5.27. The number of fused-ring (bicyclic) bond motifs is 1. The number of rotatable bonds is 5. The second kappa shape index (κ2) is 6.12. The number of ether oxygens (including phenoxy) is 1. The third-order valence-corrected chi connectivity index (χ3v) is 4.32. The first-order valence-electron chi connectivity index (χ1n) is 7.87. The molecule has 0 fully saturated rings. The molecular formula is C19H18N2O4. The average molecular weight is 338 g/mol. The maximum absolute atomic E-state index is 12.6. The van der Waals surface area contributed by atoms with E-state index in [1.165, 1.54) is 18.2 Å². The number of hydrogen-bond donors (Lipinski definition) is 0. The molecule has 128 valence electrons. The van der Waals surface area contributed by atoms with E-state index in [9.17, 15) is 14.9 Å². The van der Waals surface area contributed by atoms with Crippen LogP contribution in [0.15, 0.2) is 47.5 Å². The Labute approximate surface area is 145 Å². The standard InChI is InChI=1S/C19H18N2O4/c1-19(2)16-8-7-14(25-3)10-15(16)17(20-19)11-18(22)12-5-4-6-13(9-12)21(23)24/h4-10H,11H2,1-3H3. The molecule has 2 aromatic carbocycles. The number of aliphatic imine (C=N–C) groups is 1. The van der Waals surface area contributed by atoms with E-state index in [1.807, 2.05) is 32.0 Å². The van der Waals surface area contributed by atoms with Crippen molar-refractivity contribution in [2.24, 2.45) is 4.99 Å². The van der Waals surface area contributed by atoms with Gasteiger partial charge in [0.15, 0.2) is 5.78 Å². The highest BCUT2D eigenvalue weighted by atomic mass is 16.6. The molecule has 0 amide bonds. The quantitative estimate of drug-likeness (QED) is 0.470. The molecule has 25 heavy (non-hydrogen) atoms. The van der Waals surface area contributed by atoms with Gasteiger partial charge in [0.2, 0.25) is 0 Å². The Morgan fingerprint density at radius 3 is 2.68 bits per heavy atom. The molecule has 0 aliphatic carbocycles. The van der Waals surface area contributed by atoms with E-state index in [4.69, 9.17) is 9.73 Å². The molecule has 0 N–H and O–H groups in total. The van der Waals surface area contributed by atoms with Gasteiger partial charge in [-0.2, -0.15) is 0 Å². The Morgan fingerprint density at radius 1 is 1.24 bits per heavy atom. The summed E-state index contributed by atoms with van der Waals surface area (Å²) in [5.74, 6) is 0.501. The van der Waals surface area contributed by atoms with Crippen LogP contribution >= 0.6 is 0 Å². The highest BCUT2D eigenvalue weighted by molar-refractivity contribution is 6.17. The van der Waals surface area contributed by atoms with Gasteiger partial charge < -0.3 is 4.74 Å². The van der Waals surface area contributed by atoms with E-state index >= 15 is 0 Å². The third kappa shape index (κ3) is 3.15. The van der Waals surface area contributed by atoms with Gasteiger partial charge in [0, 0.05) is 23.3 Å². The molecule has 1 aliphatic heterocycles. The summed E-state index contributed by atoms with van der Waals surface area (Å²) in [5, 5.41) is 10.9.